The highest BCUT2D eigenvalue weighted by atomic mass is 16.1. The smallest absolute Gasteiger partial charge is 0.123 e. The highest BCUT2D eigenvalue weighted by molar-refractivity contribution is 5.56. The van der Waals surface area contributed by atoms with Gasteiger partial charge in [-0.2, -0.15) is 0 Å². The van der Waals surface area contributed by atoms with E-state index in [1.165, 1.54) is 25.5 Å². The summed E-state index contributed by atoms with van der Waals surface area (Å²) < 4.78 is 0. The molecule has 3 saturated carbocycles. The topological polar surface area (TPSA) is 17.1 Å². The summed E-state index contributed by atoms with van der Waals surface area (Å²) in [5.41, 5.74) is 0. The van der Waals surface area contributed by atoms with E-state index in [2.05, 4.69) is 13.3 Å². The maximum absolute atomic E-state index is 11.0. The molecule has 70 valence electrons. The molecule has 3 fully saturated rings. The van der Waals surface area contributed by atoms with Gasteiger partial charge in [0.2, 0.25) is 0 Å². The van der Waals surface area contributed by atoms with Gasteiger partial charge in [-0.1, -0.05) is 6.92 Å². The van der Waals surface area contributed by atoms with Crippen LogP contribution in [0.15, 0.2) is 0 Å². The molecule has 2 bridgehead atoms. The highest BCUT2D eigenvalue weighted by Crippen LogP contribution is 2.62. The minimum absolute atomic E-state index is 0.401. The zero-order valence-corrected chi connectivity index (χ0v) is 8.15. The van der Waals surface area contributed by atoms with Crippen LogP contribution in [-0.2, 0) is 4.79 Å². The van der Waals surface area contributed by atoms with Crippen molar-refractivity contribution in [3.05, 3.63) is 6.42 Å². The van der Waals surface area contributed by atoms with E-state index in [-0.39, 0.29) is 0 Å². The monoisotopic (exact) mass is 177 g/mol. The first-order valence-electron chi connectivity index (χ1n) is 5.60. The number of carbonyl (C=O) groups excluding carboxylic acids is 1. The van der Waals surface area contributed by atoms with Gasteiger partial charge in [0.25, 0.3) is 0 Å². The van der Waals surface area contributed by atoms with Crippen LogP contribution in [0.5, 0.6) is 0 Å². The molecule has 3 aliphatic carbocycles. The van der Waals surface area contributed by atoms with E-state index in [1.807, 2.05) is 0 Å². The maximum atomic E-state index is 11.0. The van der Waals surface area contributed by atoms with Crippen molar-refractivity contribution in [3.8, 4) is 0 Å². The summed E-state index contributed by atoms with van der Waals surface area (Å²) in [7, 11) is 0. The molecule has 0 aliphatic heterocycles. The third-order valence-corrected chi connectivity index (χ3v) is 5.01. The molecule has 0 aromatic heterocycles. The summed E-state index contributed by atoms with van der Waals surface area (Å²) in [5, 5.41) is 0. The van der Waals surface area contributed by atoms with Gasteiger partial charge in [-0.25, -0.2) is 0 Å². The molecule has 0 aromatic rings. The zero-order chi connectivity index (χ0) is 9.00. The number of hydrogen-bond acceptors (Lipinski definition) is 1. The second-order valence-electron chi connectivity index (χ2n) is 5.22. The molecule has 0 radical (unpaired) electrons. The standard InChI is InChI=1S/C12H17O/c1-7-10-5-11(12(7)6-13)9-4-2-3-8(9)10/h2,6-12H,3-5H2,1H3/q+1. The van der Waals surface area contributed by atoms with Gasteiger partial charge in [-0.3, -0.25) is 0 Å². The van der Waals surface area contributed by atoms with Crippen LogP contribution in [0.25, 0.3) is 0 Å². The van der Waals surface area contributed by atoms with E-state index in [0.29, 0.717) is 11.8 Å². The minimum Gasteiger partial charge on any atom is -0.303 e. The summed E-state index contributed by atoms with van der Waals surface area (Å²) in [4.78, 5) is 11.0. The van der Waals surface area contributed by atoms with Crippen molar-refractivity contribution in [3.63, 3.8) is 0 Å². The second-order valence-corrected chi connectivity index (χ2v) is 5.22. The first kappa shape index (κ1) is 7.90. The summed E-state index contributed by atoms with van der Waals surface area (Å²) >= 11 is 0. The van der Waals surface area contributed by atoms with Crippen molar-refractivity contribution in [2.45, 2.75) is 26.2 Å². The van der Waals surface area contributed by atoms with Crippen LogP contribution < -0.4 is 0 Å². The van der Waals surface area contributed by atoms with Crippen molar-refractivity contribution in [2.24, 2.45) is 35.5 Å². The first-order valence-corrected chi connectivity index (χ1v) is 5.60. The van der Waals surface area contributed by atoms with Crippen LogP contribution >= 0.6 is 0 Å². The van der Waals surface area contributed by atoms with E-state index < -0.39 is 0 Å². The predicted octanol–water partition coefficient (Wildman–Crippen LogP) is 2.32. The lowest BCUT2D eigenvalue weighted by Crippen LogP contribution is -2.31. The Morgan fingerprint density at radius 3 is 2.54 bits per heavy atom. The zero-order valence-electron chi connectivity index (χ0n) is 8.15. The second kappa shape index (κ2) is 2.52. The molecule has 3 rings (SSSR count). The van der Waals surface area contributed by atoms with Crippen LogP contribution in [0, 0.1) is 41.9 Å². The SMILES string of the molecule is CC1C(C=O)C2CC1C1C[CH+]CC21. The van der Waals surface area contributed by atoms with Crippen molar-refractivity contribution in [1.82, 2.24) is 0 Å². The van der Waals surface area contributed by atoms with E-state index in [4.69, 9.17) is 0 Å². The maximum Gasteiger partial charge on any atom is 0.123 e. The molecule has 0 aromatic carbocycles. The Kier molecular flexibility index (Phi) is 1.53. The third kappa shape index (κ3) is 0.832. The lowest BCUT2D eigenvalue weighted by Gasteiger charge is -2.31. The number of aldehydes is 1. The Hall–Kier alpha value is -0.460. The molecule has 1 heteroatoms. The van der Waals surface area contributed by atoms with Crippen molar-refractivity contribution in [1.29, 1.82) is 0 Å². The molecule has 3 aliphatic rings. The fourth-order valence-corrected chi connectivity index (χ4v) is 4.43. The summed E-state index contributed by atoms with van der Waals surface area (Å²) in [6, 6.07) is 0. The van der Waals surface area contributed by atoms with Gasteiger partial charge < -0.3 is 4.79 Å². The molecular weight excluding hydrogens is 160 g/mol. The van der Waals surface area contributed by atoms with Gasteiger partial charge in [0.15, 0.2) is 0 Å². The lowest BCUT2D eigenvalue weighted by atomic mass is 9.71. The van der Waals surface area contributed by atoms with E-state index >= 15 is 0 Å². The molecule has 13 heavy (non-hydrogen) atoms. The molecule has 0 amide bonds. The molecule has 0 N–H and O–H groups in total. The van der Waals surface area contributed by atoms with E-state index in [1.54, 1.807) is 0 Å². The normalized spacial score (nSPS) is 57.6. The van der Waals surface area contributed by atoms with Gasteiger partial charge >= 0.3 is 0 Å². The molecule has 0 heterocycles. The van der Waals surface area contributed by atoms with Gasteiger partial charge in [-0.15, -0.1) is 0 Å². The Bertz CT molecular complexity index is 235. The largest absolute Gasteiger partial charge is 0.303 e. The summed E-state index contributed by atoms with van der Waals surface area (Å²) in [5.74, 6) is 4.55. The Labute approximate surface area is 79.9 Å². The van der Waals surface area contributed by atoms with E-state index in [0.717, 1.165) is 23.7 Å². The molecule has 6 unspecified atom stereocenters. The van der Waals surface area contributed by atoms with Crippen LogP contribution in [0.4, 0.5) is 0 Å². The number of fused-ring (bicyclic) bond motifs is 5. The van der Waals surface area contributed by atoms with Crippen molar-refractivity contribution in [2.75, 3.05) is 0 Å². The van der Waals surface area contributed by atoms with E-state index in [9.17, 15) is 4.79 Å². The number of rotatable bonds is 1. The highest BCUT2D eigenvalue weighted by Gasteiger charge is 2.59. The van der Waals surface area contributed by atoms with Gasteiger partial charge in [0.05, 0.1) is 19.3 Å². The Morgan fingerprint density at radius 1 is 1.15 bits per heavy atom. The van der Waals surface area contributed by atoms with Crippen LogP contribution in [0.3, 0.4) is 0 Å². The third-order valence-electron chi connectivity index (χ3n) is 5.01. The molecular formula is C12H17O+. The first-order chi connectivity index (χ1) is 6.33. The van der Waals surface area contributed by atoms with Crippen LogP contribution in [0.2, 0.25) is 0 Å². The predicted molar refractivity (Wildman–Crippen MR) is 50.8 cm³/mol. The van der Waals surface area contributed by atoms with Crippen molar-refractivity contribution < 1.29 is 4.79 Å². The minimum atomic E-state index is 0.401. The Balaban J connectivity index is 1.91. The fourth-order valence-electron chi connectivity index (χ4n) is 4.43. The van der Waals surface area contributed by atoms with Gasteiger partial charge in [-0.05, 0) is 24.2 Å². The quantitative estimate of drug-likeness (QED) is 0.444. The lowest BCUT2D eigenvalue weighted by molar-refractivity contribution is -0.114. The molecule has 6 atom stereocenters. The number of carbonyl (C=O) groups is 1. The average Bonchev–Trinajstić information content (AvgIpc) is 2.71. The Morgan fingerprint density at radius 2 is 1.85 bits per heavy atom. The fraction of sp³-hybridized carbons (Fsp3) is 0.833. The number of hydrogen-bond donors (Lipinski definition) is 0. The molecule has 0 spiro atoms. The van der Waals surface area contributed by atoms with Gasteiger partial charge in [0.1, 0.15) is 6.29 Å². The average molecular weight is 177 g/mol. The van der Waals surface area contributed by atoms with Crippen LogP contribution in [0.1, 0.15) is 26.2 Å². The summed E-state index contributed by atoms with van der Waals surface area (Å²) in [6.07, 6.45) is 7.68. The molecule has 1 nitrogen and oxygen atoms in total. The summed E-state index contributed by atoms with van der Waals surface area (Å²) in [6.45, 7) is 2.29. The van der Waals surface area contributed by atoms with Gasteiger partial charge in [0, 0.05) is 17.8 Å². The molecule has 0 saturated heterocycles. The van der Waals surface area contributed by atoms with Crippen molar-refractivity contribution >= 4 is 6.29 Å². The van der Waals surface area contributed by atoms with Crippen LogP contribution in [-0.4, -0.2) is 6.29 Å².